The number of carbonyl (C=O) groups is 2. The molecule has 0 spiro atoms. The van der Waals surface area contributed by atoms with Gasteiger partial charge in [-0.2, -0.15) is 11.8 Å². The van der Waals surface area contributed by atoms with Crippen LogP contribution in [-0.4, -0.2) is 45.6 Å². The molecule has 0 saturated heterocycles. The normalized spacial score (nSPS) is 12.3. The monoisotopic (exact) mass is 361 g/mol. The SMILES string of the molecule is COC(=O)[C@H](CCSC)NC(=O)Nc1ccc(S(N)(=O)=O)cc1. The molecule has 0 aliphatic heterocycles. The molecule has 0 heterocycles. The zero-order valence-corrected chi connectivity index (χ0v) is 14.4. The summed E-state index contributed by atoms with van der Waals surface area (Å²) in [6.45, 7) is 0. The van der Waals surface area contributed by atoms with E-state index in [1.165, 1.54) is 31.4 Å². The topological polar surface area (TPSA) is 128 Å². The van der Waals surface area contributed by atoms with E-state index in [2.05, 4.69) is 15.4 Å². The fourth-order valence-corrected chi connectivity index (χ4v) is 2.67. The van der Waals surface area contributed by atoms with Gasteiger partial charge in [0.15, 0.2) is 0 Å². The minimum atomic E-state index is -3.78. The Morgan fingerprint density at radius 2 is 1.91 bits per heavy atom. The van der Waals surface area contributed by atoms with Crippen molar-refractivity contribution in [1.29, 1.82) is 0 Å². The smallest absolute Gasteiger partial charge is 0.328 e. The van der Waals surface area contributed by atoms with Crippen molar-refractivity contribution in [3.63, 3.8) is 0 Å². The number of ether oxygens (including phenoxy) is 1. The fourth-order valence-electron chi connectivity index (χ4n) is 1.68. The van der Waals surface area contributed by atoms with Crippen LogP contribution in [-0.2, 0) is 19.6 Å². The van der Waals surface area contributed by atoms with Gasteiger partial charge in [0.1, 0.15) is 6.04 Å². The number of sulfonamides is 1. The molecule has 4 N–H and O–H groups in total. The molecule has 10 heteroatoms. The highest BCUT2D eigenvalue weighted by molar-refractivity contribution is 7.98. The average Bonchev–Trinajstić information content (AvgIpc) is 2.50. The van der Waals surface area contributed by atoms with Crippen molar-refractivity contribution in [2.45, 2.75) is 17.4 Å². The third kappa shape index (κ3) is 6.47. The Balaban J connectivity index is 2.68. The summed E-state index contributed by atoms with van der Waals surface area (Å²) in [4.78, 5) is 23.5. The zero-order chi connectivity index (χ0) is 17.5. The maximum atomic E-state index is 11.9. The Morgan fingerprint density at radius 1 is 1.30 bits per heavy atom. The number of rotatable bonds is 7. The lowest BCUT2D eigenvalue weighted by molar-refractivity contribution is -0.142. The number of anilines is 1. The molecule has 2 amide bonds. The molecule has 0 saturated carbocycles. The number of nitrogens with one attached hydrogen (secondary N) is 2. The van der Waals surface area contributed by atoms with E-state index in [1.807, 2.05) is 6.26 Å². The van der Waals surface area contributed by atoms with Crippen LogP contribution < -0.4 is 15.8 Å². The second kappa shape index (κ2) is 8.75. The van der Waals surface area contributed by atoms with Gasteiger partial charge in [0.05, 0.1) is 12.0 Å². The molecule has 0 radical (unpaired) electrons. The molecule has 1 aromatic carbocycles. The molecule has 23 heavy (non-hydrogen) atoms. The molecule has 0 aliphatic rings. The van der Waals surface area contributed by atoms with Crippen LogP contribution >= 0.6 is 11.8 Å². The maximum absolute atomic E-state index is 11.9. The number of nitrogens with two attached hydrogens (primary N) is 1. The standard InChI is InChI=1S/C13H19N3O5S2/c1-21-12(17)11(7-8-22-2)16-13(18)15-9-3-5-10(6-4-9)23(14,19)20/h3-6,11H,7-8H2,1-2H3,(H2,14,19,20)(H2,15,16,18)/t11-/m0/s1. The second-order valence-electron chi connectivity index (χ2n) is 4.53. The van der Waals surface area contributed by atoms with E-state index in [4.69, 9.17) is 5.14 Å². The molecular weight excluding hydrogens is 342 g/mol. The number of hydrogen-bond donors (Lipinski definition) is 3. The predicted molar refractivity (Wildman–Crippen MR) is 88.8 cm³/mol. The first-order chi connectivity index (χ1) is 10.8. The van der Waals surface area contributed by atoms with Gasteiger partial charge in [-0.1, -0.05) is 0 Å². The number of carbonyl (C=O) groups excluding carboxylic acids is 2. The van der Waals surface area contributed by atoms with Crippen LogP contribution in [0.25, 0.3) is 0 Å². The van der Waals surface area contributed by atoms with Gasteiger partial charge in [-0.05, 0) is 42.7 Å². The van der Waals surface area contributed by atoms with E-state index in [-0.39, 0.29) is 4.90 Å². The summed E-state index contributed by atoms with van der Waals surface area (Å²) in [5.74, 6) is 0.155. The van der Waals surface area contributed by atoms with Crippen LogP contribution in [0, 0.1) is 0 Å². The van der Waals surface area contributed by atoms with Gasteiger partial charge in [0, 0.05) is 5.69 Å². The first-order valence-corrected chi connectivity index (χ1v) is 9.49. The van der Waals surface area contributed by atoms with E-state index in [0.29, 0.717) is 17.9 Å². The number of methoxy groups -OCH3 is 1. The van der Waals surface area contributed by atoms with E-state index in [1.54, 1.807) is 11.8 Å². The van der Waals surface area contributed by atoms with Crippen LogP contribution in [0.5, 0.6) is 0 Å². The Hall–Kier alpha value is -1.78. The van der Waals surface area contributed by atoms with Crippen molar-refractivity contribution < 1.29 is 22.7 Å². The van der Waals surface area contributed by atoms with Crippen molar-refractivity contribution in [1.82, 2.24) is 5.32 Å². The van der Waals surface area contributed by atoms with E-state index >= 15 is 0 Å². The first-order valence-electron chi connectivity index (χ1n) is 6.55. The van der Waals surface area contributed by atoms with Gasteiger partial charge in [0.2, 0.25) is 10.0 Å². The summed E-state index contributed by atoms with van der Waals surface area (Å²) in [5, 5.41) is 10.0. The Morgan fingerprint density at radius 3 is 2.39 bits per heavy atom. The van der Waals surface area contributed by atoms with Crippen LogP contribution in [0.3, 0.4) is 0 Å². The third-order valence-corrected chi connectivity index (χ3v) is 4.42. The second-order valence-corrected chi connectivity index (χ2v) is 7.07. The van der Waals surface area contributed by atoms with Crippen LogP contribution in [0.1, 0.15) is 6.42 Å². The zero-order valence-electron chi connectivity index (χ0n) is 12.7. The minimum absolute atomic E-state index is 0.0594. The predicted octanol–water partition coefficient (Wildman–Crippen LogP) is 0.750. The molecule has 0 bridgehead atoms. The number of amides is 2. The van der Waals surface area contributed by atoms with Crippen molar-refractivity contribution in [2.24, 2.45) is 5.14 Å². The summed E-state index contributed by atoms with van der Waals surface area (Å²) in [7, 11) is -2.53. The number of thioether (sulfide) groups is 1. The third-order valence-electron chi connectivity index (χ3n) is 2.84. The summed E-state index contributed by atoms with van der Waals surface area (Å²) >= 11 is 1.54. The quantitative estimate of drug-likeness (QED) is 0.615. The summed E-state index contributed by atoms with van der Waals surface area (Å²) in [6, 6.07) is 4.00. The minimum Gasteiger partial charge on any atom is -0.467 e. The van der Waals surface area contributed by atoms with Crippen molar-refractivity contribution in [3.8, 4) is 0 Å². The van der Waals surface area contributed by atoms with Crippen molar-refractivity contribution in [3.05, 3.63) is 24.3 Å². The average molecular weight is 361 g/mol. The number of primary sulfonamides is 1. The molecule has 1 rings (SSSR count). The Kier molecular flexibility index (Phi) is 7.33. The van der Waals surface area contributed by atoms with E-state index in [0.717, 1.165) is 0 Å². The molecule has 1 aromatic rings. The molecule has 0 aromatic heterocycles. The highest BCUT2D eigenvalue weighted by Gasteiger charge is 2.21. The number of benzene rings is 1. The number of esters is 1. The van der Waals surface area contributed by atoms with Crippen molar-refractivity contribution >= 4 is 39.5 Å². The summed E-state index contributed by atoms with van der Waals surface area (Å²) in [6.07, 6.45) is 2.33. The molecule has 128 valence electrons. The number of urea groups is 1. The van der Waals surface area contributed by atoms with E-state index < -0.39 is 28.1 Å². The Bertz CT molecular complexity index is 646. The lowest BCUT2D eigenvalue weighted by atomic mass is 10.2. The van der Waals surface area contributed by atoms with Gasteiger partial charge in [-0.25, -0.2) is 23.1 Å². The highest BCUT2D eigenvalue weighted by Crippen LogP contribution is 2.12. The molecule has 0 unspecified atom stereocenters. The summed E-state index contributed by atoms with van der Waals surface area (Å²) in [5.41, 5.74) is 0.364. The van der Waals surface area contributed by atoms with Crippen LogP contribution in [0.15, 0.2) is 29.2 Å². The van der Waals surface area contributed by atoms with Crippen molar-refractivity contribution in [2.75, 3.05) is 24.4 Å². The van der Waals surface area contributed by atoms with Gasteiger partial charge < -0.3 is 15.4 Å². The number of hydrogen-bond acceptors (Lipinski definition) is 6. The van der Waals surface area contributed by atoms with Crippen LogP contribution in [0.4, 0.5) is 10.5 Å². The lowest BCUT2D eigenvalue weighted by Gasteiger charge is -2.16. The van der Waals surface area contributed by atoms with Crippen LogP contribution in [0.2, 0.25) is 0 Å². The van der Waals surface area contributed by atoms with Gasteiger partial charge >= 0.3 is 12.0 Å². The molecular formula is C13H19N3O5S2. The van der Waals surface area contributed by atoms with Gasteiger partial charge in [-0.3, -0.25) is 0 Å². The molecule has 0 aliphatic carbocycles. The fraction of sp³-hybridized carbons (Fsp3) is 0.385. The maximum Gasteiger partial charge on any atom is 0.328 e. The first kappa shape index (κ1) is 19.3. The van der Waals surface area contributed by atoms with Gasteiger partial charge in [-0.15, -0.1) is 0 Å². The van der Waals surface area contributed by atoms with Gasteiger partial charge in [0.25, 0.3) is 0 Å². The molecule has 8 nitrogen and oxygen atoms in total. The Labute approximate surface area is 139 Å². The summed E-state index contributed by atoms with van der Waals surface area (Å²) < 4.78 is 26.9. The highest BCUT2D eigenvalue weighted by atomic mass is 32.2. The lowest BCUT2D eigenvalue weighted by Crippen LogP contribution is -2.44. The largest absolute Gasteiger partial charge is 0.467 e. The molecule has 0 fully saturated rings. The molecule has 1 atom stereocenters. The van der Waals surface area contributed by atoms with E-state index in [9.17, 15) is 18.0 Å².